The lowest BCUT2D eigenvalue weighted by Gasteiger charge is -2.25. The van der Waals surface area contributed by atoms with Crippen molar-refractivity contribution < 1.29 is 19.7 Å². The van der Waals surface area contributed by atoms with E-state index in [0.29, 0.717) is 29.9 Å². The Labute approximate surface area is 140 Å². The first kappa shape index (κ1) is 15.1. The van der Waals surface area contributed by atoms with E-state index in [2.05, 4.69) is 6.92 Å². The molecule has 2 N–H and O–H groups in total. The zero-order chi connectivity index (χ0) is 16.9. The first-order valence-electron chi connectivity index (χ1n) is 8.28. The Morgan fingerprint density at radius 1 is 1.29 bits per heavy atom. The summed E-state index contributed by atoms with van der Waals surface area (Å²) in [5.74, 6) is -0.314. The van der Waals surface area contributed by atoms with E-state index in [0.717, 1.165) is 18.4 Å². The third-order valence-electron chi connectivity index (χ3n) is 5.38. The highest BCUT2D eigenvalue weighted by molar-refractivity contribution is 5.94. The van der Waals surface area contributed by atoms with Crippen LogP contribution in [-0.4, -0.2) is 22.8 Å². The van der Waals surface area contributed by atoms with Crippen molar-refractivity contribution in [3.05, 3.63) is 58.7 Å². The maximum atomic E-state index is 11.7. The fraction of sp³-hybridized carbons (Fsp3) is 0.350. The molecule has 2 aromatic rings. The van der Waals surface area contributed by atoms with Gasteiger partial charge in [-0.2, -0.15) is 0 Å². The monoisotopic (exact) mass is 324 g/mol. The number of ether oxygens (including phenoxy) is 1. The van der Waals surface area contributed by atoms with Gasteiger partial charge in [-0.25, -0.2) is 4.79 Å². The number of carbonyl (C=O) groups is 1. The van der Waals surface area contributed by atoms with E-state index >= 15 is 0 Å². The standard InChI is InChI=1S/C20H20O4/c1-20-10-14(20)17-15(24-11-20)9-13(16(18(17)21)19(22)23)8-7-12-5-3-2-4-6-12/h2-6,9,14,21H,7-8,10-11H2,1H3,(H,22,23). The Bertz CT molecular complexity index is 812. The SMILES string of the molecule is CC12COc3cc(CCc4ccccc4)c(C(=O)O)c(O)c3C1C2. The zero-order valence-electron chi connectivity index (χ0n) is 13.6. The molecule has 0 amide bonds. The van der Waals surface area contributed by atoms with Crippen LogP contribution in [0.3, 0.4) is 0 Å². The van der Waals surface area contributed by atoms with Gasteiger partial charge in [0.05, 0.1) is 6.61 Å². The zero-order valence-corrected chi connectivity index (χ0v) is 13.6. The second-order valence-electron chi connectivity index (χ2n) is 7.16. The van der Waals surface area contributed by atoms with E-state index in [9.17, 15) is 15.0 Å². The van der Waals surface area contributed by atoms with Crippen LogP contribution < -0.4 is 4.74 Å². The summed E-state index contributed by atoms with van der Waals surface area (Å²) in [6, 6.07) is 11.7. The van der Waals surface area contributed by atoms with Crippen LogP contribution in [0.1, 0.15) is 46.3 Å². The van der Waals surface area contributed by atoms with Gasteiger partial charge in [0, 0.05) is 16.9 Å². The van der Waals surface area contributed by atoms with Crippen molar-refractivity contribution in [1.29, 1.82) is 0 Å². The van der Waals surface area contributed by atoms with Gasteiger partial charge in [0.15, 0.2) is 0 Å². The van der Waals surface area contributed by atoms with Crippen molar-refractivity contribution in [2.75, 3.05) is 6.61 Å². The predicted octanol–water partition coefficient (Wildman–Crippen LogP) is 3.76. The topological polar surface area (TPSA) is 66.8 Å². The Morgan fingerprint density at radius 2 is 2.04 bits per heavy atom. The molecule has 1 aliphatic heterocycles. The molecular weight excluding hydrogens is 304 g/mol. The van der Waals surface area contributed by atoms with Crippen LogP contribution in [0.2, 0.25) is 0 Å². The van der Waals surface area contributed by atoms with Gasteiger partial charge in [-0.15, -0.1) is 0 Å². The number of fused-ring (bicyclic) bond motifs is 3. The molecule has 124 valence electrons. The van der Waals surface area contributed by atoms with E-state index in [4.69, 9.17) is 4.74 Å². The van der Waals surface area contributed by atoms with Crippen molar-refractivity contribution in [3.8, 4) is 11.5 Å². The van der Waals surface area contributed by atoms with Crippen molar-refractivity contribution in [2.45, 2.75) is 32.1 Å². The number of carboxylic acid groups (broad SMARTS) is 1. The van der Waals surface area contributed by atoms with Crippen LogP contribution in [0.25, 0.3) is 0 Å². The first-order valence-corrected chi connectivity index (χ1v) is 8.28. The molecule has 4 nitrogen and oxygen atoms in total. The molecule has 2 unspecified atom stereocenters. The van der Waals surface area contributed by atoms with Crippen molar-refractivity contribution in [1.82, 2.24) is 0 Å². The van der Waals surface area contributed by atoms with E-state index in [-0.39, 0.29) is 22.6 Å². The van der Waals surface area contributed by atoms with Gasteiger partial charge in [0.25, 0.3) is 0 Å². The largest absolute Gasteiger partial charge is 0.507 e. The fourth-order valence-electron chi connectivity index (χ4n) is 3.79. The van der Waals surface area contributed by atoms with Gasteiger partial charge in [-0.1, -0.05) is 37.3 Å². The summed E-state index contributed by atoms with van der Waals surface area (Å²) in [6.07, 6.45) is 2.22. The molecule has 1 aliphatic carbocycles. The molecule has 0 aromatic heterocycles. The van der Waals surface area contributed by atoms with Gasteiger partial charge < -0.3 is 14.9 Å². The molecule has 1 saturated carbocycles. The molecule has 0 radical (unpaired) electrons. The Hall–Kier alpha value is -2.49. The average Bonchev–Trinajstić information content (AvgIpc) is 3.25. The van der Waals surface area contributed by atoms with Crippen LogP contribution in [0.4, 0.5) is 0 Å². The second kappa shape index (κ2) is 5.26. The van der Waals surface area contributed by atoms with Crippen LogP contribution >= 0.6 is 0 Å². The molecule has 0 bridgehead atoms. The van der Waals surface area contributed by atoms with E-state index in [1.807, 2.05) is 36.4 Å². The first-order chi connectivity index (χ1) is 11.5. The van der Waals surface area contributed by atoms with Crippen LogP contribution in [0.5, 0.6) is 11.5 Å². The van der Waals surface area contributed by atoms with Gasteiger partial charge in [0.2, 0.25) is 0 Å². The second-order valence-corrected chi connectivity index (χ2v) is 7.16. The number of rotatable bonds is 4. The number of benzene rings is 2. The third kappa shape index (κ3) is 2.33. The molecule has 24 heavy (non-hydrogen) atoms. The molecule has 4 rings (SSSR count). The third-order valence-corrected chi connectivity index (χ3v) is 5.38. The summed E-state index contributed by atoms with van der Waals surface area (Å²) < 4.78 is 5.84. The Kier molecular flexibility index (Phi) is 3.30. The minimum absolute atomic E-state index is 0.0319. The maximum absolute atomic E-state index is 11.7. The average molecular weight is 324 g/mol. The number of aromatic hydroxyl groups is 1. The lowest BCUT2D eigenvalue weighted by atomic mass is 9.91. The molecule has 2 aliphatic rings. The summed E-state index contributed by atoms with van der Waals surface area (Å²) in [7, 11) is 0. The summed E-state index contributed by atoms with van der Waals surface area (Å²) in [5.41, 5.74) is 2.54. The normalized spacial score (nSPS) is 23.8. The molecule has 2 aromatic carbocycles. The lowest BCUT2D eigenvalue weighted by Crippen LogP contribution is -2.18. The molecule has 0 spiro atoms. The van der Waals surface area contributed by atoms with Crippen molar-refractivity contribution >= 4 is 5.97 Å². The van der Waals surface area contributed by atoms with Crippen molar-refractivity contribution in [2.24, 2.45) is 5.41 Å². The number of aryl methyl sites for hydroxylation is 2. The molecule has 2 atom stereocenters. The van der Waals surface area contributed by atoms with Crippen LogP contribution in [0.15, 0.2) is 36.4 Å². The fourth-order valence-corrected chi connectivity index (χ4v) is 3.79. The molecule has 4 heteroatoms. The maximum Gasteiger partial charge on any atom is 0.339 e. The van der Waals surface area contributed by atoms with Crippen LogP contribution in [-0.2, 0) is 12.8 Å². The summed E-state index contributed by atoms with van der Waals surface area (Å²) in [4.78, 5) is 11.7. The molecule has 1 fully saturated rings. The minimum atomic E-state index is -1.08. The van der Waals surface area contributed by atoms with Crippen LogP contribution in [0, 0.1) is 5.41 Å². The van der Waals surface area contributed by atoms with E-state index < -0.39 is 5.97 Å². The summed E-state index contributed by atoms with van der Waals surface area (Å²) in [5, 5.41) is 20.2. The smallest absolute Gasteiger partial charge is 0.339 e. The van der Waals surface area contributed by atoms with E-state index in [1.54, 1.807) is 0 Å². The number of carboxylic acids is 1. The van der Waals surface area contributed by atoms with E-state index in [1.165, 1.54) is 0 Å². The highest BCUT2D eigenvalue weighted by Gasteiger charge is 2.56. The number of phenols is 1. The van der Waals surface area contributed by atoms with Gasteiger partial charge >= 0.3 is 5.97 Å². The number of hydrogen-bond acceptors (Lipinski definition) is 3. The Morgan fingerprint density at radius 3 is 2.75 bits per heavy atom. The van der Waals surface area contributed by atoms with Gasteiger partial charge in [-0.3, -0.25) is 0 Å². The van der Waals surface area contributed by atoms with Crippen molar-refractivity contribution in [3.63, 3.8) is 0 Å². The van der Waals surface area contributed by atoms with Gasteiger partial charge in [-0.05, 0) is 36.5 Å². The molecular formula is C20H20O4. The number of aromatic carboxylic acids is 1. The Balaban J connectivity index is 1.72. The molecule has 1 heterocycles. The lowest BCUT2D eigenvalue weighted by molar-refractivity contribution is 0.0692. The predicted molar refractivity (Wildman–Crippen MR) is 89.9 cm³/mol. The van der Waals surface area contributed by atoms with Gasteiger partial charge in [0.1, 0.15) is 17.1 Å². The minimum Gasteiger partial charge on any atom is -0.507 e. The molecule has 0 saturated heterocycles. The highest BCUT2D eigenvalue weighted by atomic mass is 16.5. The summed E-state index contributed by atoms with van der Waals surface area (Å²) in [6.45, 7) is 2.75. The number of hydrogen-bond donors (Lipinski definition) is 2. The summed E-state index contributed by atoms with van der Waals surface area (Å²) >= 11 is 0. The highest BCUT2D eigenvalue weighted by Crippen LogP contribution is 2.65. The quantitative estimate of drug-likeness (QED) is 0.898.